The Labute approximate surface area is 86.1 Å². The maximum atomic E-state index is 10.3. The van der Waals surface area contributed by atoms with Crippen molar-refractivity contribution in [3.63, 3.8) is 0 Å². The third-order valence-corrected chi connectivity index (χ3v) is 2.13. The highest BCUT2D eigenvalue weighted by Gasteiger charge is 2.05. The van der Waals surface area contributed by atoms with Crippen molar-refractivity contribution in [2.45, 2.75) is 6.92 Å². The second-order valence-electron chi connectivity index (χ2n) is 2.49. The summed E-state index contributed by atoms with van der Waals surface area (Å²) in [7, 11) is 1.21. The molecular weight excluding hydrogens is 196 g/mol. The maximum absolute atomic E-state index is 10.3. The molecule has 76 valence electrons. The summed E-state index contributed by atoms with van der Waals surface area (Å²) in [6, 6.07) is 5.81. The minimum Gasteiger partial charge on any atom is -0.507 e. The van der Waals surface area contributed by atoms with Gasteiger partial charge in [0.2, 0.25) is 0 Å². The topological polar surface area (TPSA) is 57.5 Å². The van der Waals surface area contributed by atoms with Crippen molar-refractivity contribution < 1.29 is 15.0 Å². The molecular formula is C10H14O3Si. The molecule has 0 saturated carbocycles. The Morgan fingerprint density at radius 2 is 1.93 bits per heavy atom. The van der Waals surface area contributed by atoms with Crippen molar-refractivity contribution in [3.05, 3.63) is 41.6 Å². The van der Waals surface area contributed by atoms with Crippen LogP contribution in [0.4, 0.5) is 0 Å². The maximum Gasteiger partial charge on any atom is 0.339 e. The van der Waals surface area contributed by atoms with E-state index < -0.39 is 5.97 Å². The number of hydrogen-bond donors (Lipinski definition) is 2. The Bertz CT molecular complexity index is 317. The van der Waals surface area contributed by atoms with Gasteiger partial charge in [-0.15, -0.1) is 5.70 Å². The van der Waals surface area contributed by atoms with Gasteiger partial charge in [0.25, 0.3) is 0 Å². The van der Waals surface area contributed by atoms with Crippen molar-refractivity contribution in [2.75, 3.05) is 0 Å². The fraction of sp³-hybridized carbons (Fsp3) is 0.100. The summed E-state index contributed by atoms with van der Waals surface area (Å²) in [6.07, 6.45) is 2.06. The van der Waals surface area contributed by atoms with Gasteiger partial charge in [-0.2, -0.15) is 0 Å². The Balaban J connectivity index is 0.000000364. The summed E-state index contributed by atoms with van der Waals surface area (Å²) in [6.45, 7) is 2.03. The summed E-state index contributed by atoms with van der Waals surface area (Å²) >= 11 is 0. The molecule has 1 aromatic rings. The smallest absolute Gasteiger partial charge is 0.339 e. The quantitative estimate of drug-likeness (QED) is 0.679. The van der Waals surface area contributed by atoms with Gasteiger partial charge in [0.1, 0.15) is 11.3 Å². The third kappa shape index (κ3) is 4.47. The van der Waals surface area contributed by atoms with Crippen LogP contribution in [0.5, 0.6) is 5.75 Å². The Hall–Kier alpha value is -1.55. The Morgan fingerprint density at radius 1 is 1.43 bits per heavy atom. The lowest BCUT2D eigenvalue weighted by molar-refractivity contribution is 0.0694. The van der Waals surface area contributed by atoms with Crippen LogP contribution in [0.3, 0.4) is 0 Å². The largest absolute Gasteiger partial charge is 0.507 e. The monoisotopic (exact) mass is 210 g/mol. The van der Waals surface area contributed by atoms with Gasteiger partial charge in [-0.1, -0.05) is 18.2 Å². The highest BCUT2D eigenvalue weighted by molar-refractivity contribution is 6.16. The average molecular weight is 210 g/mol. The second kappa shape index (κ2) is 6.91. The molecule has 0 aromatic heterocycles. The summed E-state index contributed by atoms with van der Waals surface area (Å²) in [5.41, 5.74) is 2.07. The standard InChI is InChI=1S/C7H6O3.C3H8Si/c8-6-4-2-1-3-5(6)7(9)10;1-2-3-4/h1-4,8H,(H,9,10);2-3H,1,4H3. The molecule has 0 heterocycles. The zero-order valence-electron chi connectivity index (χ0n) is 8.27. The first kappa shape index (κ1) is 12.4. The predicted octanol–water partition coefficient (Wildman–Crippen LogP) is 0.976. The molecule has 0 aliphatic heterocycles. The molecule has 0 amide bonds. The molecule has 0 unspecified atom stereocenters. The molecule has 1 rings (SSSR count). The number of carboxylic acids is 1. The molecule has 3 nitrogen and oxygen atoms in total. The first-order valence-corrected chi connectivity index (χ1v) is 5.37. The lowest BCUT2D eigenvalue weighted by Crippen LogP contribution is -1.95. The predicted molar refractivity (Wildman–Crippen MR) is 59.8 cm³/mol. The van der Waals surface area contributed by atoms with E-state index in [1.54, 1.807) is 12.1 Å². The van der Waals surface area contributed by atoms with Crippen LogP contribution < -0.4 is 0 Å². The van der Waals surface area contributed by atoms with Crippen LogP contribution in [0.15, 0.2) is 36.0 Å². The van der Waals surface area contributed by atoms with Gasteiger partial charge in [-0.3, -0.25) is 0 Å². The fourth-order valence-electron chi connectivity index (χ4n) is 0.654. The number of rotatable bonds is 1. The zero-order chi connectivity index (χ0) is 11.0. The van der Waals surface area contributed by atoms with E-state index >= 15 is 0 Å². The van der Waals surface area contributed by atoms with Crippen LogP contribution >= 0.6 is 0 Å². The molecule has 1 aromatic carbocycles. The summed E-state index contributed by atoms with van der Waals surface area (Å²) in [5, 5.41) is 17.3. The molecule has 2 N–H and O–H groups in total. The van der Waals surface area contributed by atoms with Crippen molar-refractivity contribution in [2.24, 2.45) is 0 Å². The molecule has 0 bridgehead atoms. The Kier molecular flexibility index (Phi) is 6.14. The number of aromatic carboxylic acids is 1. The van der Waals surface area contributed by atoms with Crippen molar-refractivity contribution >= 4 is 16.2 Å². The van der Waals surface area contributed by atoms with Crippen LogP contribution in [0, 0.1) is 0 Å². The van der Waals surface area contributed by atoms with Gasteiger partial charge < -0.3 is 10.2 Å². The SMILES string of the molecule is CC=C[SiH3].O=C(O)c1ccccc1O. The molecule has 14 heavy (non-hydrogen) atoms. The first-order chi connectivity index (χ1) is 6.63. The van der Waals surface area contributed by atoms with Crippen LogP contribution in [0.2, 0.25) is 0 Å². The molecule has 4 heteroatoms. The van der Waals surface area contributed by atoms with Gasteiger partial charge in [-0.05, 0) is 19.1 Å². The number of allylic oxidation sites excluding steroid dienone is 1. The highest BCUT2D eigenvalue weighted by atomic mass is 28.1. The van der Waals surface area contributed by atoms with E-state index in [1.807, 2.05) is 6.92 Å². The van der Waals surface area contributed by atoms with Gasteiger partial charge in [0.05, 0.1) is 0 Å². The van der Waals surface area contributed by atoms with Crippen molar-refractivity contribution in [1.82, 2.24) is 0 Å². The van der Waals surface area contributed by atoms with Crippen LogP contribution in [0.25, 0.3) is 0 Å². The zero-order valence-corrected chi connectivity index (χ0v) is 10.3. The summed E-state index contributed by atoms with van der Waals surface area (Å²) in [4.78, 5) is 10.3. The van der Waals surface area contributed by atoms with Gasteiger partial charge in [0, 0.05) is 10.2 Å². The van der Waals surface area contributed by atoms with E-state index in [9.17, 15) is 4.79 Å². The number of aromatic hydroxyl groups is 1. The average Bonchev–Trinajstić information content (AvgIpc) is 2.18. The van der Waals surface area contributed by atoms with Gasteiger partial charge >= 0.3 is 5.97 Å². The molecule has 0 aliphatic rings. The lowest BCUT2D eigenvalue weighted by atomic mass is 10.2. The van der Waals surface area contributed by atoms with E-state index in [0.29, 0.717) is 0 Å². The number of benzene rings is 1. The first-order valence-electron chi connectivity index (χ1n) is 4.22. The molecule has 0 atom stereocenters. The van der Waals surface area contributed by atoms with E-state index in [1.165, 1.54) is 22.4 Å². The van der Waals surface area contributed by atoms with Crippen molar-refractivity contribution in [1.29, 1.82) is 0 Å². The van der Waals surface area contributed by atoms with Crippen molar-refractivity contribution in [3.8, 4) is 5.75 Å². The van der Waals surface area contributed by atoms with E-state index in [0.717, 1.165) is 0 Å². The number of para-hydroxylation sites is 1. The second-order valence-corrected chi connectivity index (χ2v) is 3.16. The summed E-state index contributed by atoms with van der Waals surface area (Å²) in [5.74, 6) is -1.31. The van der Waals surface area contributed by atoms with E-state index in [2.05, 4.69) is 11.8 Å². The molecule has 0 fully saturated rings. The van der Waals surface area contributed by atoms with Crippen LogP contribution in [-0.4, -0.2) is 26.4 Å². The normalized spacial score (nSPS) is 9.50. The molecule has 0 spiro atoms. The third-order valence-electron chi connectivity index (χ3n) is 1.47. The van der Waals surface area contributed by atoms with Crippen LogP contribution in [-0.2, 0) is 0 Å². The molecule has 0 radical (unpaired) electrons. The van der Waals surface area contributed by atoms with Crippen LogP contribution in [0.1, 0.15) is 17.3 Å². The fourth-order valence-corrected chi connectivity index (χ4v) is 0.654. The highest BCUT2D eigenvalue weighted by Crippen LogP contribution is 2.14. The summed E-state index contributed by atoms with van der Waals surface area (Å²) < 4.78 is 0. The van der Waals surface area contributed by atoms with Gasteiger partial charge in [0.15, 0.2) is 0 Å². The number of carbonyl (C=O) groups is 1. The molecule has 0 saturated heterocycles. The van der Waals surface area contributed by atoms with E-state index in [4.69, 9.17) is 10.2 Å². The number of carboxylic acid groups (broad SMARTS) is 1. The number of hydrogen-bond acceptors (Lipinski definition) is 2. The number of phenols is 1. The Morgan fingerprint density at radius 3 is 2.21 bits per heavy atom. The minimum atomic E-state index is -1.11. The lowest BCUT2D eigenvalue weighted by Gasteiger charge is -1.95. The van der Waals surface area contributed by atoms with Gasteiger partial charge in [-0.25, -0.2) is 4.79 Å². The minimum absolute atomic E-state index is 0.0671. The van der Waals surface area contributed by atoms with E-state index in [-0.39, 0.29) is 11.3 Å². The molecule has 0 aliphatic carbocycles.